The molecule has 1 fully saturated rings. The van der Waals surface area contributed by atoms with Crippen molar-refractivity contribution in [2.45, 2.75) is 26.2 Å². The number of pyridine rings is 1. The Morgan fingerprint density at radius 3 is 2.73 bits per heavy atom. The van der Waals surface area contributed by atoms with E-state index in [1.165, 1.54) is 5.56 Å². The fraction of sp³-hybridized carbons (Fsp3) is 0.389. The smallest absolute Gasteiger partial charge is 0.217 e. The summed E-state index contributed by atoms with van der Waals surface area (Å²) in [5.41, 5.74) is 11.1. The zero-order valence-corrected chi connectivity index (χ0v) is 13.3. The van der Waals surface area contributed by atoms with Gasteiger partial charge in [0.05, 0.1) is 19.8 Å². The summed E-state index contributed by atoms with van der Waals surface area (Å²) in [6.45, 7) is 8.25. The van der Waals surface area contributed by atoms with Gasteiger partial charge in [0.25, 0.3) is 0 Å². The van der Waals surface area contributed by atoms with Gasteiger partial charge in [-0.1, -0.05) is 13.0 Å². The predicted molar refractivity (Wildman–Crippen MR) is 88.2 cm³/mol. The third-order valence-electron chi connectivity index (χ3n) is 4.20. The maximum absolute atomic E-state index is 5.94. The quantitative estimate of drug-likeness (QED) is 0.880. The molecular weight excluding hydrogens is 276 g/mol. The van der Waals surface area contributed by atoms with Crippen LogP contribution < -0.4 is 10.5 Å². The van der Waals surface area contributed by atoms with Crippen LogP contribution in [0, 0.1) is 6.92 Å². The van der Waals surface area contributed by atoms with E-state index in [0.717, 1.165) is 22.4 Å². The summed E-state index contributed by atoms with van der Waals surface area (Å²) in [6, 6.07) is 8.12. The van der Waals surface area contributed by atoms with E-state index < -0.39 is 0 Å². The summed E-state index contributed by atoms with van der Waals surface area (Å²) in [7, 11) is 0. The summed E-state index contributed by atoms with van der Waals surface area (Å²) >= 11 is 0. The molecule has 1 aromatic heterocycles. The minimum absolute atomic E-state index is 0.0260. The highest BCUT2D eigenvalue weighted by atomic mass is 16.5. The molecule has 2 heterocycles. The van der Waals surface area contributed by atoms with E-state index >= 15 is 0 Å². The number of anilines is 1. The van der Waals surface area contributed by atoms with Crippen molar-refractivity contribution in [1.29, 1.82) is 0 Å². The molecule has 22 heavy (non-hydrogen) atoms. The first-order chi connectivity index (χ1) is 10.5. The van der Waals surface area contributed by atoms with Crippen LogP contribution >= 0.6 is 0 Å². The van der Waals surface area contributed by atoms with Gasteiger partial charge in [-0.2, -0.15) is 0 Å². The molecule has 0 saturated carbocycles. The lowest BCUT2D eigenvalue weighted by Crippen LogP contribution is -2.44. The van der Waals surface area contributed by atoms with Crippen LogP contribution in [0.5, 0.6) is 5.88 Å². The molecule has 0 bridgehead atoms. The highest BCUT2D eigenvalue weighted by Gasteiger charge is 2.38. The third-order valence-corrected chi connectivity index (χ3v) is 4.20. The number of nitrogens with two attached hydrogens (primary N) is 1. The summed E-state index contributed by atoms with van der Waals surface area (Å²) in [5, 5.41) is 0. The van der Waals surface area contributed by atoms with Gasteiger partial charge in [0.2, 0.25) is 5.88 Å². The molecule has 0 spiro atoms. The molecule has 0 aliphatic carbocycles. The van der Waals surface area contributed by atoms with Gasteiger partial charge in [-0.15, -0.1) is 0 Å². The Hall–Kier alpha value is -2.07. The van der Waals surface area contributed by atoms with Crippen LogP contribution in [0.2, 0.25) is 0 Å². The van der Waals surface area contributed by atoms with E-state index in [4.69, 9.17) is 15.2 Å². The summed E-state index contributed by atoms with van der Waals surface area (Å²) in [5.74, 6) is 0.707. The molecule has 1 aromatic carbocycles. The van der Waals surface area contributed by atoms with Crippen LogP contribution in [0.4, 0.5) is 5.69 Å². The van der Waals surface area contributed by atoms with Crippen molar-refractivity contribution in [3.8, 4) is 17.0 Å². The lowest BCUT2D eigenvalue weighted by Gasteiger charge is -2.39. The Labute approximate surface area is 131 Å². The molecule has 0 radical (unpaired) electrons. The third kappa shape index (κ3) is 2.55. The maximum Gasteiger partial charge on any atom is 0.217 e. The van der Waals surface area contributed by atoms with E-state index in [2.05, 4.69) is 24.9 Å². The zero-order chi connectivity index (χ0) is 15.7. The van der Waals surface area contributed by atoms with Gasteiger partial charge in [0, 0.05) is 28.4 Å². The summed E-state index contributed by atoms with van der Waals surface area (Å²) in [4.78, 5) is 4.55. The highest BCUT2D eigenvalue weighted by Crippen LogP contribution is 2.39. The number of nitrogens with zero attached hydrogens (tertiary/aromatic N) is 1. The Morgan fingerprint density at radius 1 is 1.32 bits per heavy atom. The van der Waals surface area contributed by atoms with Gasteiger partial charge in [-0.05, 0) is 43.2 Å². The molecule has 2 aromatic rings. The van der Waals surface area contributed by atoms with Crippen LogP contribution in [0.1, 0.15) is 25.0 Å². The van der Waals surface area contributed by atoms with Gasteiger partial charge < -0.3 is 15.2 Å². The standard InChI is InChI=1S/C18H22N2O2/c1-4-22-17-16(18(3)10-21-11-18)7-13(9-20-17)15-8-14(19)6-5-12(15)2/h5-9H,4,10-11,19H2,1-3H3. The molecule has 116 valence electrons. The van der Waals surface area contributed by atoms with Crippen molar-refractivity contribution in [3.63, 3.8) is 0 Å². The van der Waals surface area contributed by atoms with E-state index in [-0.39, 0.29) is 5.41 Å². The largest absolute Gasteiger partial charge is 0.478 e. The molecule has 0 unspecified atom stereocenters. The molecule has 1 saturated heterocycles. The molecule has 4 heteroatoms. The second kappa shape index (κ2) is 5.61. The first-order valence-electron chi connectivity index (χ1n) is 7.61. The van der Waals surface area contributed by atoms with Gasteiger partial charge in [-0.3, -0.25) is 0 Å². The second-order valence-electron chi connectivity index (χ2n) is 6.14. The lowest BCUT2D eigenvalue weighted by atomic mass is 9.80. The van der Waals surface area contributed by atoms with E-state index in [1.807, 2.05) is 31.3 Å². The molecule has 0 amide bonds. The van der Waals surface area contributed by atoms with Gasteiger partial charge in [0.15, 0.2) is 0 Å². The second-order valence-corrected chi connectivity index (χ2v) is 6.14. The van der Waals surface area contributed by atoms with Crippen LogP contribution in [0.3, 0.4) is 0 Å². The zero-order valence-electron chi connectivity index (χ0n) is 13.3. The van der Waals surface area contributed by atoms with Crippen molar-refractivity contribution >= 4 is 5.69 Å². The molecule has 3 rings (SSSR count). The Bertz CT molecular complexity index is 693. The van der Waals surface area contributed by atoms with Crippen molar-refractivity contribution in [2.75, 3.05) is 25.6 Å². The first-order valence-corrected chi connectivity index (χ1v) is 7.61. The molecule has 4 nitrogen and oxygen atoms in total. The number of aryl methyl sites for hydroxylation is 1. The van der Waals surface area contributed by atoms with Crippen molar-refractivity contribution in [2.24, 2.45) is 0 Å². The number of rotatable bonds is 4. The minimum atomic E-state index is -0.0260. The molecule has 1 aliphatic rings. The van der Waals surface area contributed by atoms with Crippen molar-refractivity contribution < 1.29 is 9.47 Å². The van der Waals surface area contributed by atoms with E-state index in [0.29, 0.717) is 25.7 Å². The number of nitrogen functional groups attached to an aromatic ring is 1. The Kier molecular flexibility index (Phi) is 3.79. The summed E-state index contributed by atoms with van der Waals surface area (Å²) < 4.78 is 11.1. The number of hydrogen-bond acceptors (Lipinski definition) is 4. The van der Waals surface area contributed by atoms with E-state index in [9.17, 15) is 0 Å². The highest BCUT2D eigenvalue weighted by molar-refractivity contribution is 5.71. The average molecular weight is 298 g/mol. The number of ether oxygens (including phenoxy) is 2. The molecular formula is C18H22N2O2. The molecule has 0 atom stereocenters. The SMILES string of the molecule is CCOc1ncc(-c2cc(N)ccc2C)cc1C1(C)COC1. The van der Waals surface area contributed by atoms with Gasteiger partial charge in [-0.25, -0.2) is 4.98 Å². The van der Waals surface area contributed by atoms with Crippen LogP contribution in [0.15, 0.2) is 30.5 Å². The van der Waals surface area contributed by atoms with Crippen LogP contribution in [-0.2, 0) is 10.2 Å². The number of aromatic nitrogens is 1. The predicted octanol–water partition coefficient (Wildman–Crippen LogP) is 3.33. The van der Waals surface area contributed by atoms with Gasteiger partial charge >= 0.3 is 0 Å². The normalized spacial score (nSPS) is 16.1. The maximum atomic E-state index is 5.94. The number of benzene rings is 1. The fourth-order valence-electron chi connectivity index (χ4n) is 2.80. The Balaban J connectivity index is 2.10. The van der Waals surface area contributed by atoms with Gasteiger partial charge in [0.1, 0.15) is 0 Å². The van der Waals surface area contributed by atoms with Crippen molar-refractivity contribution in [3.05, 3.63) is 41.6 Å². The average Bonchev–Trinajstić information content (AvgIpc) is 2.48. The van der Waals surface area contributed by atoms with Crippen LogP contribution in [-0.4, -0.2) is 24.8 Å². The fourth-order valence-corrected chi connectivity index (χ4v) is 2.80. The van der Waals surface area contributed by atoms with E-state index in [1.54, 1.807) is 0 Å². The summed E-state index contributed by atoms with van der Waals surface area (Å²) in [6.07, 6.45) is 1.86. The Morgan fingerprint density at radius 2 is 2.09 bits per heavy atom. The number of hydrogen-bond donors (Lipinski definition) is 1. The monoisotopic (exact) mass is 298 g/mol. The van der Waals surface area contributed by atoms with Crippen molar-refractivity contribution in [1.82, 2.24) is 4.98 Å². The van der Waals surface area contributed by atoms with Crippen LogP contribution in [0.25, 0.3) is 11.1 Å². The molecule has 1 aliphatic heterocycles. The minimum Gasteiger partial charge on any atom is -0.478 e. The topological polar surface area (TPSA) is 57.4 Å². The first kappa shape index (κ1) is 14.9. The lowest BCUT2D eigenvalue weighted by molar-refractivity contribution is -0.0513. The molecule has 2 N–H and O–H groups in total.